The molecule has 1 saturated heterocycles. The minimum atomic E-state index is -5.08. The zero-order chi connectivity index (χ0) is 25.6. The number of aromatic nitrogens is 1. The molecule has 0 spiro atoms. The van der Waals surface area contributed by atoms with Crippen molar-refractivity contribution in [1.82, 2.24) is 15.2 Å². The van der Waals surface area contributed by atoms with Crippen LogP contribution in [0.15, 0.2) is 48.7 Å². The van der Waals surface area contributed by atoms with E-state index in [1.807, 2.05) is 18.2 Å². The van der Waals surface area contributed by atoms with E-state index in [2.05, 4.69) is 45.4 Å². The Morgan fingerprint density at radius 2 is 1.80 bits per heavy atom. The molecule has 0 unspecified atom stereocenters. The second-order valence-electron chi connectivity index (χ2n) is 7.98. The molecule has 0 atom stereocenters. The molecule has 11 heteroatoms. The van der Waals surface area contributed by atoms with Crippen LogP contribution in [0.3, 0.4) is 0 Å². The molecule has 2 aromatic carbocycles. The maximum Gasteiger partial charge on any atom is 0.490 e. The number of aromatic amines is 1. The Morgan fingerprint density at radius 1 is 1.14 bits per heavy atom. The molecule has 8 nitrogen and oxygen atoms in total. The molecule has 1 aliphatic heterocycles. The van der Waals surface area contributed by atoms with Crippen molar-refractivity contribution in [1.29, 1.82) is 5.26 Å². The SMILES string of the molecule is CN1CCN(c2ccccc2CNC(=O)c2c[nH]c3cc(C#N)ccc23)CC1.O=C(O)C(F)(F)F. The Hall–Kier alpha value is -4.04. The number of amides is 1. The number of fused-ring (bicyclic) bond motifs is 1. The van der Waals surface area contributed by atoms with Gasteiger partial charge in [-0.15, -0.1) is 0 Å². The molecule has 1 fully saturated rings. The summed E-state index contributed by atoms with van der Waals surface area (Å²) in [5, 5.41) is 20.0. The molecule has 2 heterocycles. The van der Waals surface area contributed by atoms with Crippen LogP contribution in [-0.2, 0) is 11.3 Å². The fourth-order valence-electron chi connectivity index (χ4n) is 3.67. The van der Waals surface area contributed by atoms with Crippen molar-refractivity contribution >= 4 is 28.5 Å². The van der Waals surface area contributed by atoms with Gasteiger partial charge in [0.15, 0.2) is 0 Å². The monoisotopic (exact) mass is 487 g/mol. The van der Waals surface area contributed by atoms with Crippen LogP contribution in [-0.4, -0.2) is 66.3 Å². The predicted octanol–water partition coefficient (Wildman–Crippen LogP) is 3.35. The zero-order valence-corrected chi connectivity index (χ0v) is 18.9. The minimum absolute atomic E-state index is 0.121. The molecule has 0 saturated carbocycles. The number of rotatable bonds is 4. The highest BCUT2D eigenvalue weighted by Crippen LogP contribution is 2.23. The quantitative estimate of drug-likeness (QED) is 0.520. The maximum atomic E-state index is 12.8. The van der Waals surface area contributed by atoms with E-state index in [0.29, 0.717) is 17.7 Å². The van der Waals surface area contributed by atoms with Gasteiger partial charge in [-0.05, 0) is 30.8 Å². The summed E-state index contributed by atoms with van der Waals surface area (Å²) in [5.74, 6) is -2.88. The average molecular weight is 487 g/mol. The standard InChI is InChI=1S/C22H23N5O.C2HF3O2/c1-26-8-10-27(11-9-26)21-5-3-2-4-17(21)14-25-22(28)19-15-24-20-12-16(13-23)6-7-18(19)20;3-2(4,5)1(6)7/h2-7,12,15,24H,8-11,14H2,1H3,(H,25,28);(H,6,7). The molecule has 1 aliphatic rings. The first-order valence-corrected chi connectivity index (χ1v) is 10.7. The number of aliphatic carboxylic acids is 1. The fraction of sp³-hybridized carbons (Fsp3) is 0.292. The number of anilines is 1. The number of nitriles is 1. The van der Waals surface area contributed by atoms with Gasteiger partial charge in [0.05, 0.1) is 17.2 Å². The topological polar surface area (TPSA) is 112 Å². The summed E-state index contributed by atoms with van der Waals surface area (Å²) in [6.07, 6.45) is -3.38. The predicted molar refractivity (Wildman–Crippen MR) is 124 cm³/mol. The van der Waals surface area contributed by atoms with E-state index in [9.17, 15) is 18.0 Å². The van der Waals surface area contributed by atoms with Crippen molar-refractivity contribution in [2.75, 3.05) is 38.1 Å². The van der Waals surface area contributed by atoms with Gasteiger partial charge < -0.3 is 25.2 Å². The third kappa shape index (κ3) is 6.51. The van der Waals surface area contributed by atoms with Crippen molar-refractivity contribution in [2.24, 2.45) is 0 Å². The first-order valence-electron chi connectivity index (χ1n) is 10.7. The number of hydrogen-bond acceptors (Lipinski definition) is 5. The summed E-state index contributed by atoms with van der Waals surface area (Å²) in [6.45, 7) is 4.54. The van der Waals surface area contributed by atoms with E-state index in [0.717, 1.165) is 42.6 Å². The van der Waals surface area contributed by atoms with Crippen LogP contribution in [0.25, 0.3) is 10.9 Å². The number of carbonyl (C=O) groups excluding carboxylic acids is 1. The number of para-hydroxylation sites is 1. The fourth-order valence-corrected chi connectivity index (χ4v) is 3.67. The Labute approximate surface area is 199 Å². The van der Waals surface area contributed by atoms with Gasteiger partial charge in [-0.1, -0.05) is 24.3 Å². The number of carboxylic acids is 1. The Kier molecular flexibility index (Phi) is 7.98. The van der Waals surface area contributed by atoms with Crippen LogP contribution in [0.1, 0.15) is 21.5 Å². The summed E-state index contributed by atoms with van der Waals surface area (Å²) in [7, 11) is 2.14. The number of alkyl halides is 3. The summed E-state index contributed by atoms with van der Waals surface area (Å²) in [6, 6.07) is 15.7. The van der Waals surface area contributed by atoms with Gasteiger partial charge in [0, 0.05) is 55.5 Å². The number of nitrogens with zero attached hydrogens (tertiary/aromatic N) is 3. The van der Waals surface area contributed by atoms with Crippen LogP contribution < -0.4 is 10.2 Å². The van der Waals surface area contributed by atoms with E-state index in [4.69, 9.17) is 15.2 Å². The lowest BCUT2D eigenvalue weighted by Gasteiger charge is -2.35. The van der Waals surface area contributed by atoms with Crippen molar-refractivity contribution < 1.29 is 27.9 Å². The minimum Gasteiger partial charge on any atom is -0.475 e. The number of likely N-dealkylation sites (N-methyl/N-ethyl adjacent to an activating group) is 1. The molecular weight excluding hydrogens is 463 g/mol. The smallest absolute Gasteiger partial charge is 0.475 e. The lowest BCUT2D eigenvalue weighted by Crippen LogP contribution is -2.45. The third-order valence-electron chi connectivity index (χ3n) is 5.57. The Bertz CT molecular complexity index is 1240. The molecule has 35 heavy (non-hydrogen) atoms. The van der Waals surface area contributed by atoms with Crippen LogP contribution in [0.2, 0.25) is 0 Å². The van der Waals surface area contributed by atoms with Crippen molar-refractivity contribution in [3.63, 3.8) is 0 Å². The molecule has 3 N–H and O–H groups in total. The number of piperazine rings is 1. The highest BCUT2D eigenvalue weighted by atomic mass is 19.4. The normalized spacial score (nSPS) is 14.1. The van der Waals surface area contributed by atoms with Gasteiger partial charge >= 0.3 is 12.1 Å². The summed E-state index contributed by atoms with van der Waals surface area (Å²) in [5.41, 5.74) is 4.27. The van der Waals surface area contributed by atoms with Crippen molar-refractivity contribution in [3.05, 3.63) is 65.4 Å². The molecule has 0 bridgehead atoms. The number of H-pyrrole nitrogens is 1. The largest absolute Gasteiger partial charge is 0.490 e. The molecule has 1 aromatic heterocycles. The lowest BCUT2D eigenvalue weighted by atomic mass is 10.1. The van der Waals surface area contributed by atoms with Crippen molar-refractivity contribution in [2.45, 2.75) is 12.7 Å². The number of benzene rings is 2. The summed E-state index contributed by atoms with van der Waals surface area (Å²) >= 11 is 0. The first kappa shape index (κ1) is 25.6. The molecule has 0 radical (unpaired) electrons. The van der Waals surface area contributed by atoms with Crippen molar-refractivity contribution in [3.8, 4) is 6.07 Å². The Balaban J connectivity index is 0.000000429. The van der Waals surface area contributed by atoms with Crippen LogP contribution >= 0.6 is 0 Å². The van der Waals surface area contributed by atoms with Gasteiger partial charge in [-0.2, -0.15) is 18.4 Å². The van der Waals surface area contributed by atoms with Gasteiger partial charge in [0.25, 0.3) is 5.91 Å². The van der Waals surface area contributed by atoms with E-state index in [-0.39, 0.29) is 5.91 Å². The van der Waals surface area contributed by atoms with E-state index in [1.165, 1.54) is 5.69 Å². The summed E-state index contributed by atoms with van der Waals surface area (Å²) in [4.78, 5) is 29.5. The summed E-state index contributed by atoms with van der Waals surface area (Å²) < 4.78 is 31.7. The average Bonchev–Trinajstić information content (AvgIpc) is 3.26. The first-order chi connectivity index (χ1) is 16.6. The van der Waals surface area contributed by atoms with Gasteiger partial charge in [0.1, 0.15) is 0 Å². The second kappa shape index (κ2) is 10.9. The van der Waals surface area contributed by atoms with Crippen LogP contribution in [0, 0.1) is 11.3 Å². The van der Waals surface area contributed by atoms with Crippen LogP contribution in [0.4, 0.5) is 18.9 Å². The maximum absolute atomic E-state index is 12.8. The number of halogens is 3. The zero-order valence-electron chi connectivity index (χ0n) is 18.9. The Morgan fingerprint density at radius 3 is 2.43 bits per heavy atom. The number of carboxylic acid groups (broad SMARTS) is 1. The molecule has 184 valence electrons. The second-order valence-corrected chi connectivity index (χ2v) is 7.98. The lowest BCUT2D eigenvalue weighted by molar-refractivity contribution is -0.192. The molecule has 1 amide bonds. The number of carbonyl (C=O) groups is 2. The molecule has 4 rings (SSSR count). The van der Waals surface area contributed by atoms with Crippen LogP contribution in [0.5, 0.6) is 0 Å². The molecular formula is C24H24F3N5O3. The molecule has 0 aliphatic carbocycles. The van der Waals surface area contributed by atoms with Gasteiger partial charge in [-0.25, -0.2) is 4.79 Å². The van der Waals surface area contributed by atoms with E-state index < -0.39 is 12.1 Å². The third-order valence-corrected chi connectivity index (χ3v) is 5.57. The number of hydrogen-bond donors (Lipinski definition) is 3. The van der Waals surface area contributed by atoms with Gasteiger partial charge in [0.2, 0.25) is 0 Å². The molecule has 3 aromatic rings. The van der Waals surface area contributed by atoms with Gasteiger partial charge in [-0.3, -0.25) is 4.79 Å². The highest BCUT2D eigenvalue weighted by molar-refractivity contribution is 6.06. The number of nitrogens with one attached hydrogen (secondary N) is 2. The van der Waals surface area contributed by atoms with E-state index >= 15 is 0 Å². The van der Waals surface area contributed by atoms with E-state index in [1.54, 1.807) is 18.3 Å². The highest BCUT2D eigenvalue weighted by Gasteiger charge is 2.38.